The van der Waals surface area contributed by atoms with E-state index in [1.807, 2.05) is 0 Å². The van der Waals surface area contributed by atoms with Crippen LogP contribution in [0.4, 0.5) is 0 Å². The van der Waals surface area contributed by atoms with E-state index >= 15 is 0 Å². The van der Waals surface area contributed by atoms with E-state index in [2.05, 4.69) is 52.0 Å². The molecule has 146 valence electrons. The Hall–Kier alpha value is -1.24. The Kier molecular flexibility index (Phi) is 8.75. The predicted octanol–water partition coefficient (Wildman–Crippen LogP) is 7.69. The van der Waals surface area contributed by atoms with Gasteiger partial charge in [0.1, 0.15) is 5.75 Å². The predicted molar refractivity (Wildman–Crippen MR) is 114 cm³/mol. The zero-order valence-electron chi connectivity index (χ0n) is 17.8. The Morgan fingerprint density at radius 2 is 2.04 bits per heavy atom. The van der Waals surface area contributed by atoms with Gasteiger partial charge >= 0.3 is 0 Å². The van der Waals surface area contributed by atoms with Gasteiger partial charge in [-0.3, -0.25) is 0 Å². The SMILES string of the molecule is CCC/C=C(\CC)CCC(C)C1CCc2cc(OC)ccc2C1CCC. The molecule has 1 heteroatoms. The molecule has 0 heterocycles. The van der Waals surface area contributed by atoms with Crippen LogP contribution in [0.25, 0.3) is 0 Å². The highest BCUT2D eigenvalue weighted by Gasteiger charge is 2.32. The molecule has 1 aromatic rings. The summed E-state index contributed by atoms with van der Waals surface area (Å²) in [5.74, 6) is 3.38. The first-order chi connectivity index (χ1) is 12.6. The molecule has 0 N–H and O–H groups in total. The van der Waals surface area contributed by atoms with Crippen LogP contribution in [0, 0.1) is 11.8 Å². The molecule has 1 nitrogen and oxygen atoms in total. The summed E-state index contributed by atoms with van der Waals surface area (Å²) >= 11 is 0. The second kappa shape index (κ2) is 10.8. The van der Waals surface area contributed by atoms with E-state index in [9.17, 15) is 0 Å². The Balaban J connectivity index is 2.09. The van der Waals surface area contributed by atoms with Gasteiger partial charge in [0.2, 0.25) is 0 Å². The Morgan fingerprint density at radius 1 is 1.23 bits per heavy atom. The van der Waals surface area contributed by atoms with Gasteiger partial charge in [-0.2, -0.15) is 0 Å². The number of unbranched alkanes of at least 4 members (excludes halogenated alkanes) is 1. The van der Waals surface area contributed by atoms with Crippen LogP contribution in [0.15, 0.2) is 29.8 Å². The lowest BCUT2D eigenvalue weighted by molar-refractivity contribution is 0.242. The van der Waals surface area contributed by atoms with E-state index in [0.717, 1.165) is 23.5 Å². The summed E-state index contributed by atoms with van der Waals surface area (Å²) in [6.07, 6.45) is 14.0. The van der Waals surface area contributed by atoms with Crippen molar-refractivity contribution in [1.82, 2.24) is 0 Å². The normalized spacial score (nSPS) is 21.3. The zero-order valence-corrected chi connectivity index (χ0v) is 17.8. The molecular weight excluding hydrogens is 316 g/mol. The molecule has 1 aliphatic rings. The van der Waals surface area contributed by atoms with Crippen molar-refractivity contribution in [3.05, 3.63) is 41.0 Å². The molecule has 1 aromatic carbocycles. The summed E-state index contributed by atoms with van der Waals surface area (Å²) in [5, 5.41) is 0. The minimum absolute atomic E-state index is 0.731. The molecule has 0 aromatic heterocycles. The topological polar surface area (TPSA) is 9.23 Å². The Labute approximate surface area is 162 Å². The smallest absolute Gasteiger partial charge is 0.119 e. The van der Waals surface area contributed by atoms with Crippen LogP contribution in [0.3, 0.4) is 0 Å². The van der Waals surface area contributed by atoms with Crippen LogP contribution >= 0.6 is 0 Å². The molecule has 3 atom stereocenters. The van der Waals surface area contributed by atoms with E-state index in [-0.39, 0.29) is 0 Å². The summed E-state index contributed by atoms with van der Waals surface area (Å²) in [7, 11) is 1.77. The molecule has 3 unspecified atom stereocenters. The summed E-state index contributed by atoms with van der Waals surface area (Å²) < 4.78 is 5.45. The molecule has 1 aliphatic carbocycles. The monoisotopic (exact) mass is 356 g/mol. The van der Waals surface area contributed by atoms with E-state index in [1.54, 1.807) is 18.2 Å². The van der Waals surface area contributed by atoms with Crippen molar-refractivity contribution >= 4 is 0 Å². The number of benzene rings is 1. The molecule has 0 radical (unpaired) electrons. The van der Waals surface area contributed by atoms with Crippen LogP contribution < -0.4 is 4.74 Å². The number of hydrogen-bond acceptors (Lipinski definition) is 1. The zero-order chi connectivity index (χ0) is 18.9. The molecule has 0 amide bonds. The molecular formula is C25H40O. The number of aryl methyl sites for hydroxylation is 1. The van der Waals surface area contributed by atoms with Crippen molar-refractivity contribution in [3.63, 3.8) is 0 Å². The third kappa shape index (κ3) is 5.38. The fraction of sp³-hybridized carbons (Fsp3) is 0.680. The van der Waals surface area contributed by atoms with Crippen LogP contribution in [0.5, 0.6) is 5.75 Å². The number of hydrogen-bond donors (Lipinski definition) is 0. The van der Waals surface area contributed by atoms with Crippen LogP contribution in [0.1, 0.15) is 96.1 Å². The van der Waals surface area contributed by atoms with Crippen LogP contribution in [-0.2, 0) is 6.42 Å². The lowest BCUT2D eigenvalue weighted by atomic mass is 9.67. The largest absolute Gasteiger partial charge is 0.497 e. The van der Waals surface area contributed by atoms with E-state index in [4.69, 9.17) is 4.74 Å². The maximum atomic E-state index is 5.45. The van der Waals surface area contributed by atoms with Crippen molar-refractivity contribution in [3.8, 4) is 5.75 Å². The van der Waals surface area contributed by atoms with Crippen LogP contribution in [0.2, 0.25) is 0 Å². The molecule has 0 fully saturated rings. The molecule has 2 rings (SSSR count). The number of rotatable bonds is 10. The maximum absolute atomic E-state index is 5.45. The fourth-order valence-corrected chi connectivity index (χ4v) is 4.80. The minimum atomic E-state index is 0.731. The highest BCUT2D eigenvalue weighted by atomic mass is 16.5. The third-order valence-electron chi connectivity index (χ3n) is 6.44. The molecule has 0 spiro atoms. The van der Waals surface area contributed by atoms with Gasteiger partial charge in [-0.15, -0.1) is 0 Å². The molecule has 0 bridgehead atoms. The van der Waals surface area contributed by atoms with E-state index in [0.29, 0.717) is 0 Å². The van der Waals surface area contributed by atoms with Gasteiger partial charge in [0, 0.05) is 0 Å². The number of methoxy groups -OCH3 is 1. The summed E-state index contributed by atoms with van der Waals surface area (Å²) in [5.41, 5.74) is 4.81. The highest BCUT2D eigenvalue weighted by molar-refractivity contribution is 5.40. The first-order valence-corrected chi connectivity index (χ1v) is 11.0. The van der Waals surface area contributed by atoms with Crippen molar-refractivity contribution in [2.45, 2.75) is 91.4 Å². The molecule has 0 saturated carbocycles. The van der Waals surface area contributed by atoms with Gasteiger partial charge < -0.3 is 4.74 Å². The van der Waals surface area contributed by atoms with E-state index < -0.39 is 0 Å². The van der Waals surface area contributed by atoms with Crippen molar-refractivity contribution in [2.75, 3.05) is 7.11 Å². The Bertz CT molecular complexity index is 572. The fourth-order valence-electron chi connectivity index (χ4n) is 4.80. The third-order valence-corrected chi connectivity index (χ3v) is 6.44. The van der Waals surface area contributed by atoms with Crippen molar-refractivity contribution < 1.29 is 4.74 Å². The first-order valence-electron chi connectivity index (χ1n) is 11.0. The maximum Gasteiger partial charge on any atom is 0.119 e. The van der Waals surface area contributed by atoms with Gasteiger partial charge in [0.25, 0.3) is 0 Å². The number of allylic oxidation sites excluding steroid dienone is 2. The molecule has 0 saturated heterocycles. The Morgan fingerprint density at radius 3 is 2.69 bits per heavy atom. The van der Waals surface area contributed by atoms with Gasteiger partial charge in [-0.1, -0.05) is 58.3 Å². The summed E-state index contributed by atoms with van der Waals surface area (Å²) in [6, 6.07) is 6.80. The average molecular weight is 357 g/mol. The second-order valence-corrected chi connectivity index (χ2v) is 8.18. The van der Waals surface area contributed by atoms with Crippen molar-refractivity contribution in [1.29, 1.82) is 0 Å². The molecule has 0 aliphatic heterocycles. The van der Waals surface area contributed by atoms with Gasteiger partial charge in [0.05, 0.1) is 7.11 Å². The van der Waals surface area contributed by atoms with Crippen molar-refractivity contribution in [2.24, 2.45) is 11.8 Å². The average Bonchev–Trinajstić information content (AvgIpc) is 2.67. The van der Waals surface area contributed by atoms with E-state index in [1.165, 1.54) is 63.4 Å². The lowest BCUT2D eigenvalue weighted by Gasteiger charge is -2.38. The summed E-state index contributed by atoms with van der Waals surface area (Å²) in [4.78, 5) is 0. The van der Waals surface area contributed by atoms with Crippen LogP contribution in [-0.4, -0.2) is 7.11 Å². The highest BCUT2D eigenvalue weighted by Crippen LogP contribution is 2.45. The molecule has 26 heavy (non-hydrogen) atoms. The van der Waals surface area contributed by atoms with Gasteiger partial charge in [-0.25, -0.2) is 0 Å². The first kappa shape index (κ1) is 21.1. The lowest BCUT2D eigenvalue weighted by Crippen LogP contribution is -2.26. The second-order valence-electron chi connectivity index (χ2n) is 8.18. The summed E-state index contributed by atoms with van der Waals surface area (Å²) in [6.45, 7) is 9.43. The van der Waals surface area contributed by atoms with Gasteiger partial charge in [-0.05, 0) is 86.0 Å². The quantitative estimate of drug-likeness (QED) is 0.390. The standard InChI is InChI=1S/C25H40O/c1-6-9-11-20(8-3)13-12-19(4)23-16-14-21-18-22(26-5)15-17-24(21)25(23)10-7-2/h11,15,17-19,23,25H,6-10,12-14,16H2,1-5H3/b20-11+. The number of ether oxygens (including phenoxy) is 1. The number of fused-ring (bicyclic) bond motifs is 1. The van der Waals surface area contributed by atoms with Gasteiger partial charge in [0.15, 0.2) is 0 Å². The minimum Gasteiger partial charge on any atom is -0.497 e.